The topological polar surface area (TPSA) is 92.2 Å². The second-order valence-electron chi connectivity index (χ2n) is 3.51. The van der Waals surface area contributed by atoms with Crippen molar-refractivity contribution in [1.29, 1.82) is 0 Å². The van der Waals surface area contributed by atoms with Crippen molar-refractivity contribution in [3.63, 3.8) is 0 Å². The zero-order valence-electron chi connectivity index (χ0n) is 9.31. The van der Waals surface area contributed by atoms with Gasteiger partial charge in [0.1, 0.15) is 10.6 Å². The van der Waals surface area contributed by atoms with Crippen LogP contribution in [0.1, 0.15) is 5.69 Å². The highest BCUT2D eigenvalue weighted by Crippen LogP contribution is 2.21. The molecular formula is C11H11N3O3S. The van der Waals surface area contributed by atoms with Crippen molar-refractivity contribution in [2.24, 2.45) is 0 Å². The average molecular weight is 265 g/mol. The summed E-state index contributed by atoms with van der Waals surface area (Å²) in [6.07, 6.45) is 1.50. The maximum Gasteiger partial charge on any atom is 0.244 e. The Morgan fingerprint density at radius 3 is 2.61 bits per heavy atom. The standard InChI is InChI=1S/C11H11N3O3S/c15-10-5-1-2-6-11(10)18(16,17)13-8-9-4-3-7-12-14-9/h1-7,13,15H,8H2. The molecule has 1 aromatic heterocycles. The normalized spacial score (nSPS) is 11.3. The van der Waals surface area contributed by atoms with Crippen LogP contribution >= 0.6 is 0 Å². The zero-order chi connectivity index (χ0) is 13.0. The maximum atomic E-state index is 11.9. The smallest absolute Gasteiger partial charge is 0.244 e. The molecule has 2 rings (SSSR count). The Kier molecular flexibility index (Phi) is 3.54. The monoisotopic (exact) mass is 265 g/mol. The number of hydrogen-bond donors (Lipinski definition) is 2. The van der Waals surface area contributed by atoms with Crippen molar-refractivity contribution in [2.75, 3.05) is 0 Å². The Bertz CT molecular complexity index is 629. The van der Waals surface area contributed by atoms with Crippen molar-refractivity contribution in [1.82, 2.24) is 14.9 Å². The number of aromatic nitrogens is 2. The van der Waals surface area contributed by atoms with E-state index < -0.39 is 10.0 Å². The van der Waals surface area contributed by atoms with Crippen LogP contribution in [-0.2, 0) is 16.6 Å². The first-order valence-corrected chi connectivity index (χ1v) is 6.62. The molecule has 0 atom stereocenters. The van der Waals surface area contributed by atoms with E-state index in [9.17, 15) is 13.5 Å². The van der Waals surface area contributed by atoms with Crippen LogP contribution in [0.5, 0.6) is 5.75 Å². The fraction of sp³-hybridized carbons (Fsp3) is 0.0909. The minimum absolute atomic E-state index is 0.0184. The molecular weight excluding hydrogens is 254 g/mol. The number of phenolic OH excluding ortho intramolecular Hbond substituents is 1. The molecule has 94 valence electrons. The largest absolute Gasteiger partial charge is 0.507 e. The summed E-state index contributed by atoms with van der Waals surface area (Å²) in [6.45, 7) is 0.0184. The molecule has 1 aromatic carbocycles. The maximum absolute atomic E-state index is 11.9. The first kappa shape index (κ1) is 12.5. The number of nitrogens with zero attached hydrogens (tertiary/aromatic N) is 2. The summed E-state index contributed by atoms with van der Waals surface area (Å²) in [7, 11) is -3.76. The highest BCUT2D eigenvalue weighted by atomic mass is 32.2. The minimum Gasteiger partial charge on any atom is -0.507 e. The van der Waals surface area contributed by atoms with E-state index in [2.05, 4.69) is 14.9 Å². The summed E-state index contributed by atoms with van der Waals surface area (Å²) in [5.41, 5.74) is 0.497. The molecule has 18 heavy (non-hydrogen) atoms. The molecule has 7 heteroatoms. The molecule has 0 aliphatic carbocycles. The fourth-order valence-corrected chi connectivity index (χ4v) is 2.45. The SMILES string of the molecule is O=S(=O)(NCc1cccnn1)c1ccccc1O. The third-order valence-corrected chi connectivity index (χ3v) is 3.67. The Morgan fingerprint density at radius 2 is 1.94 bits per heavy atom. The van der Waals surface area contributed by atoms with Gasteiger partial charge in [0.05, 0.1) is 12.2 Å². The fourth-order valence-electron chi connectivity index (χ4n) is 1.36. The Morgan fingerprint density at radius 1 is 1.17 bits per heavy atom. The number of sulfonamides is 1. The molecule has 0 aliphatic rings. The number of aromatic hydroxyl groups is 1. The third-order valence-electron chi connectivity index (χ3n) is 2.23. The van der Waals surface area contributed by atoms with Crippen molar-refractivity contribution in [3.05, 3.63) is 48.3 Å². The number of nitrogens with one attached hydrogen (secondary N) is 1. The lowest BCUT2D eigenvalue weighted by atomic mass is 10.3. The molecule has 6 nitrogen and oxygen atoms in total. The summed E-state index contributed by atoms with van der Waals surface area (Å²) in [5.74, 6) is -0.288. The quantitative estimate of drug-likeness (QED) is 0.847. The lowest BCUT2D eigenvalue weighted by Gasteiger charge is -2.07. The molecule has 0 unspecified atom stereocenters. The van der Waals surface area contributed by atoms with Gasteiger partial charge in [-0.2, -0.15) is 10.2 Å². The van der Waals surface area contributed by atoms with Gasteiger partial charge >= 0.3 is 0 Å². The lowest BCUT2D eigenvalue weighted by Crippen LogP contribution is -2.23. The number of rotatable bonds is 4. The molecule has 0 spiro atoms. The Hall–Kier alpha value is -1.99. The number of para-hydroxylation sites is 1. The van der Waals surface area contributed by atoms with Crippen molar-refractivity contribution < 1.29 is 13.5 Å². The van der Waals surface area contributed by atoms with Crippen LogP contribution < -0.4 is 4.72 Å². The van der Waals surface area contributed by atoms with Gasteiger partial charge in [-0.05, 0) is 24.3 Å². The number of hydrogen-bond acceptors (Lipinski definition) is 5. The Labute approximate surface area is 104 Å². The molecule has 0 aliphatic heterocycles. The van der Waals surface area contributed by atoms with E-state index in [1.807, 2.05) is 0 Å². The summed E-state index contributed by atoms with van der Waals surface area (Å²) in [5, 5.41) is 16.9. The predicted molar refractivity (Wildman–Crippen MR) is 64.2 cm³/mol. The van der Waals surface area contributed by atoms with Gasteiger partial charge in [0.15, 0.2) is 0 Å². The van der Waals surface area contributed by atoms with Crippen LogP contribution in [-0.4, -0.2) is 23.7 Å². The molecule has 0 saturated carbocycles. The molecule has 0 saturated heterocycles. The van der Waals surface area contributed by atoms with Gasteiger partial charge in [-0.25, -0.2) is 13.1 Å². The van der Waals surface area contributed by atoms with Gasteiger partial charge in [-0.1, -0.05) is 12.1 Å². The highest BCUT2D eigenvalue weighted by Gasteiger charge is 2.17. The molecule has 2 aromatic rings. The van der Waals surface area contributed by atoms with E-state index in [1.165, 1.54) is 24.4 Å². The molecule has 0 amide bonds. The van der Waals surface area contributed by atoms with E-state index in [0.29, 0.717) is 5.69 Å². The zero-order valence-corrected chi connectivity index (χ0v) is 10.1. The van der Waals surface area contributed by atoms with E-state index in [0.717, 1.165) is 0 Å². The van der Waals surface area contributed by atoms with Crippen LogP contribution in [0.2, 0.25) is 0 Å². The van der Waals surface area contributed by atoms with Crippen LogP contribution in [0.25, 0.3) is 0 Å². The summed E-state index contributed by atoms with van der Waals surface area (Å²) in [6, 6.07) is 9.05. The van der Waals surface area contributed by atoms with E-state index in [4.69, 9.17) is 0 Å². The van der Waals surface area contributed by atoms with E-state index >= 15 is 0 Å². The van der Waals surface area contributed by atoms with Gasteiger partial charge in [0.25, 0.3) is 0 Å². The van der Waals surface area contributed by atoms with Gasteiger partial charge in [-0.3, -0.25) is 0 Å². The van der Waals surface area contributed by atoms with Gasteiger partial charge in [-0.15, -0.1) is 0 Å². The van der Waals surface area contributed by atoms with Gasteiger partial charge in [0, 0.05) is 6.20 Å². The number of phenols is 1. The van der Waals surface area contributed by atoms with Crippen LogP contribution in [0.4, 0.5) is 0 Å². The molecule has 2 N–H and O–H groups in total. The predicted octanol–water partition coefficient (Wildman–Crippen LogP) is 0.661. The second-order valence-corrected chi connectivity index (χ2v) is 5.24. The van der Waals surface area contributed by atoms with E-state index in [1.54, 1.807) is 18.2 Å². The summed E-state index contributed by atoms with van der Waals surface area (Å²) < 4.78 is 26.2. The van der Waals surface area contributed by atoms with E-state index in [-0.39, 0.29) is 17.2 Å². The first-order chi connectivity index (χ1) is 8.59. The van der Waals surface area contributed by atoms with Crippen molar-refractivity contribution in [3.8, 4) is 5.75 Å². The molecule has 0 fully saturated rings. The summed E-state index contributed by atoms with van der Waals surface area (Å²) >= 11 is 0. The van der Waals surface area contributed by atoms with Gasteiger partial charge < -0.3 is 5.11 Å². The second kappa shape index (κ2) is 5.11. The Balaban J connectivity index is 2.16. The van der Waals surface area contributed by atoms with Crippen molar-refractivity contribution >= 4 is 10.0 Å². The third kappa shape index (κ3) is 2.82. The highest BCUT2D eigenvalue weighted by molar-refractivity contribution is 7.89. The minimum atomic E-state index is -3.76. The number of benzene rings is 1. The van der Waals surface area contributed by atoms with Crippen LogP contribution in [0.15, 0.2) is 47.5 Å². The first-order valence-electron chi connectivity index (χ1n) is 5.14. The molecule has 0 bridgehead atoms. The molecule has 1 heterocycles. The average Bonchev–Trinajstić information content (AvgIpc) is 2.38. The van der Waals surface area contributed by atoms with Crippen LogP contribution in [0.3, 0.4) is 0 Å². The van der Waals surface area contributed by atoms with Crippen molar-refractivity contribution in [2.45, 2.75) is 11.4 Å². The van der Waals surface area contributed by atoms with Crippen LogP contribution in [0, 0.1) is 0 Å². The molecule has 0 radical (unpaired) electrons. The van der Waals surface area contributed by atoms with Gasteiger partial charge in [0.2, 0.25) is 10.0 Å². The summed E-state index contributed by atoms with van der Waals surface area (Å²) in [4.78, 5) is -0.158. The lowest BCUT2D eigenvalue weighted by molar-refractivity contribution is 0.458.